The number of aromatic nitrogens is 3. The first kappa shape index (κ1) is 17.0. The minimum atomic E-state index is -0.0873. The van der Waals surface area contributed by atoms with E-state index >= 15 is 0 Å². The SMILES string of the molecule is Cc1ccc(O)c(CN[C@@H]2CCC(=O)N(C3CC3)[C@H]2c2nccn2C)n1. The maximum absolute atomic E-state index is 12.6. The van der Waals surface area contributed by atoms with Crippen LogP contribution in [0, 0.1) is 6.92 Å². The summed E-state index contributed by atoms with van der Waals surface area (Å²) in [5.74, 6) is 1.32. The number of hydrogen-bond acceptors (Lipinski definition) is 5. The van der Waals surface area contributed by atoms with Crippen molar-refractivity contribution in [1.29, 1.82) is 0 Å². The number of imidazole rings is 1. The van der Waals surface area contributed by atoms with Gasteiger partial charge in [0.1, 0.15) is 17.6 Å². The normalized spacial score (nSPS) is 23.5. The van der Waals surface area contributed by atoms with Crippen LogP contribution in [-0.2, 0) is 18.4 Å². The Balaban J connectivity index is 1.59. The first-order valence-corrected chi connectivity index (χ1v) is 9.22. The second-order valence-corrected chi connectivity index (χ2v) is 7.32. The lowest BCUT2D eigenvalue weighted by molar-refractivity contribution is -0.139. The summed E-state index contributed by atoms with van der Waals surface area (Å²) in [4.78, 5) is 23.6. The Bertz CT molecular complexity index is 814. The van der Waals surface area contributed by atoms with Crippen molar-refractivity contribution in [3.05, 3.63) is 41.7 Å². The van der Waals surface area contributed by atoms with E-state index in [1.165, 1.54) is 0 Å². The average Bonchev–Trinajstić information content (AvgIpc) is 3.37. The van der Waals surface area contributed by atoms with Gasteiger partial charge in [-0.05, 0) is 38.3 Å². The van der Waals surface area contributed by atoms with Crippen LogP contribution in [0.25, 0.3) is 0 Å². The predicted molar refractivity (Wildman–Crippen MR) is 96.3 cm³/mol. The van der Waals surface area contributed by atoms with Crippen LogP contribution in [0.1, 0.15) is 48.9 Å². The zero-order chi connectivity index (χ0) is 18.3. The van der Waals surface area contributed by atoms with E-state index in [-0.39, 0.29) is 23.7 Å². The summed E-state index contributed by atoms with van der Waals surface area (Å²) in [6.45, 7) is 2.37. The van der Waals surface area contributed by atoms with Gasteiger partial charge in [0.25, 0.3) is 0 Å². The summed E-state index contributed by atoms with van der Waals surface area (Å²) < 4.78 is 2.00. The molecule has 138 valence electrons. The van der Waals surface area contributed by atoms with E-state index in [1.54, 1.807) is 18.3 Å². The molecule has 2 atom stereocenters. The molecule has 7 heteroatoms. The summed E-state index contributed by atoms with van der Waals surface area (Å²) in [7, 11) is 1.97. The minimum absolute atomic E-state index is 0.0797. The molecule has 1 saturated carbocycles. The highest BCUT2D eigenvalue weighted by Crippen LogP contribution is 2.40. The van der Waals surface area contributed by atoms with Crippen molar-refractivity contribution in [2.75, 3.05) is 0 Å². The number of piperidine rings is 1. The molecule has 1 amide bonds. The summed E-state index contributed by atoms with van der Waals surface area (Å²) in [6.07, 6.45) is 7.14. The molecule has 2 fully saturated rings. The van der Waals surface area contributed by atoms with E-state index in [0.29, 0.717) is 24.7 Å². The Kier molecular flexibility index (Phi) is 4.40. The fourth-order valence-electron chi connectivity index (χ4n) is 3.84. The van der Waals surface area contributed by atoms with Crippen molar-refractivity contribution in [1.82, 2.24) is 24.8 Å². The highest BCUT2D eigenvalue weighted by Gasteiger charge is 2.45. The Labute approximate surface area is 153 Å². The molecule has 3 heterocycles. The van der Waals surface area contributed by atoms with Gasteiger partial charge in [-0.15, -0.1) is 0 Å². The number of hydrogen-bond donors (Lipinski definition) is 2. The Morgan fingerprint density at radius 3 is 2.81 bits per heavy atom. The highest BCUT2D eigenvalue weighted by molar-refractivity contribution is 5.78. The Morgan fingerprint density at radius 2 is 2.12 bits per heavy atom. The first-order chi connectivity index (χ1) is 12.5. The molecule has 2 aromatic heterocycles. The van der Waals surface area contributed by atoms with Gasteiger partial charge in [-0.3, -0.25) is 9.78 Å². The molecule has 1 aliphatic heterocycles. The number of rotatable bonds is 5. The van der Waals surface area contributed by atoms with Gasteiger partial charge in [-0.2, -0.15) is 0 Å². The standard InChI is InChI=1S/C19H25N5O2/c1-12-3-7-16(25)15(22-12)11-21-14-6-8-17(26)24(13-4-5-13)18(14)19-20-9-10-23(19)2/h3,7,9-10,13-14,18,21,25H,4-6,8,11H2,1-2H3/t14-,18-/m1/s1. The fourth-order valence-corrected chi connectivity index (χ4v) is 3.84. The average molecular weight is 355 g/mol. The molecule has 26 heavy (non-hydrogen) atoms. The third-order valence-corrected chi connectivity index (χ3v) is 5.32. The third-order valence-electron chi connectivity index (χ3n) is 5.32. The number of nitrogens with one attached hydrogen (secondary N) is 1. The molecule has 0 bridgehead atoms. The second-order valence-electron chi connectivity index (χ2n) is 7.32. The van der Waals surface area contributed by atoms with Gasteiger partial charge >= 0.3 is 0 Å². The van der Waals surface area contributed by atoms with E-state index in [2.05, 4.69) is 15.3 Å². The van der Waals surface area contributed by atoms with Gasteiger partial charge in [-0.1, -0.05) is 0 Å². The van der Waals surface area contributed by atoms with E-state index in [0.717, 1.165) is 30.8 Å². The van der Waals surface area contributed by atoms with Gasteiger partial charge < -0.3 is 19.9 Å². The number of likely N-dealkylation sites (tertiary alicyclic amines) is 1. The van der Waals surface area contributed by atoms with Crippen molar-refractivity contribution in [3.63, 3.8) is 0 Å². The quantitative estimate of drug-likeness (QED) is 0.855. The lowest BCUT2D eigenvalue weighted by Gasteiger charge is -2.41. The van der Waals surface area contributed by atoms with Crippen LogP contribution in [0.4, 0.5) is 0 Å². The molecular weight excluding hydrogens is 330 g/mol. The predicted octanol–water partition coefficient (Wildman–Crippen LogP) is 1.81. The Hall–Kier alpha value is -2.41. The lowest BCUT2D eigenvalue weighted by Crippen LogP contribution is -2.52. The van der Waals surface area contributed by atoms with E-state index in [1.807, 2.05) is 29.6 Å². The van der Waals surface area contributed by atoms with Gasteiger partial charge in [0.2, 0.25) is 5.91 Å². The Morgan fingerprint density at radius 1 is 1.31 bits per heavy atom. The van der Waals surface area contributed by atoms with E-state index in [9.17, 15) is 9.90 Å². The largest absolute Gasteiger partial charge is 0.506 e. The molecule has 0 aromatic carbocycles. The number of carbonyl (C=O) groups excluding carboxylic acids is 1. The third kappa shape index (κ3) is 3.19. The molecule has 4 rings (SSSR count). The summed E-state index contributed by atoms with van der Waals surface area (Å²) in [6, 6.07) is 3.80. The molecule has 0 unspecified atom stereocenters. The van der Waals surface area contributed by atoms with Crippen molar-refractivity contribution in [2.24, 2.45) is 7.05 Å². The number of amides is 1. The summed E-state index contributed by atoms with van der Waals surface area (Å²) in [5.41, 5.74) is 1.51. The van der Waals surface area contributed by atoms with Crippen LogP contribution in [0.3, 0.4) is 0 Å². The molecule has 2 aromatic rings. The lowest BCUT2D eigenvalue weighted by atomic mass is 9.94. The van der Waals surface area contributed by atoms with E-state index < -0.39 is 0 Å². The summed E-state index contributed by atoms with van der Waals surface area (Å²) >= 11 is 0. The van der Waals surface area contributed by atoms with Crippen LogP contribution in [-0.4, -0.2) is 42.5 Å². The van der Waals surface area contributed by atoms with E-state index in [4.69, 9.17) is 0 Å². The zero-order valence-corrected chi connectivity index (χ0v) is 15.2. The van der Waals surface area contributed by atoms with Crippen molar-refractivity contribution in [2.45, 2.75) is 57.3 Å². The van der Waals surface area contributed by atoms with Gasteiger partial charge in [-0.25, -0.2) is 4.98 Å². The number of aryl methyl sites for hydroxylation is 2. The molecule has 0 spiro atoms. The number of nitrogens with zero attached hydrogens (tertiary/aromatic N) is 4. The second kappa shape index (κ2) is 6.72. The van der Waals surface area contributed by atoms with Crippen LogP contribution in [0.5, 0.6) is 5.75 Å². The number of carbonyl (C=O) groups is 1. The van der Waals surface area contributed by atoms with Gasteiger partial charge in [0, 0.05) is 50.2 Å². The summed E-state index contributed by atoms with van der Waals surface area (Å²) in [5, 5.41) is 13.6. The first-order valence-electron chi connectivity index (χ1n) is 9.22. The molecular formula is C19H25N5O2. The maximum atomic E-state index is 12.6. The monoisotopic (exact) mass is 355 g/mol. The topological polar surface area (TPSA) is 83.3 Å². The van der Waals surface area contributed by atoms with Crippen molar-refractivity contribution >= 4 is 5.91 Å². The highest BCUT2D eigenvalue weighted by atomic mass is 16.3. The van der Waals surface area contributed by atoms with Gasteiger partial charge in [0.05, 0.1) is 5.69 Å². The van der Waals surface area contributed by atoms with Crippen LogP contribution in [0.2, 0.25) is 0 Å². The van der Waals surface area contributed by atoms with Crippen LogP contribution in [0.15, 0.2) is 24.5 Å². The van der Waals surface area contributed by atoms with Gasteiger partial charge in [0.15, 0.2) is 0 Å². The molecule has 0 radical (unpaired) electrons. The molecule has 2 N–H and O–H groups in total. The van der Waals surface area contributed by atoms with Crippen LogP contribution >= 0.6 is 0 Å². The zero-order valence-electron chi connectivity index (χ0n) is 15.2. The molecule has 1 saturated heterocycles. The minimum Gasteiger partial charge on any atom is -0.506 e. The van der Waals surface area contributed by atoms with Crippen molar-refractivity contribution in [3.8, 4) is 5.75 Å². The molecule has 2 aliphatic rings. The molecule has 1 aliphatic carbocycles. The van der Waals surface area contributed by atoms with Crippen LogP contribution < -0.4 is 5.32 Å². The maximum Gasteiger partial charge on any atom is 0.223 e. The number of pyridine rings is 1. The fraction of sp³-hybridized carbons (Fsp3) is 0.526. The molecule has 7 nitrogen and oxygen atoms in total. The smallest absolute Gasteiger partial charge is 0.223 e. The number of aromatic hydroxyl groups is 1. The van der Waals surface area contributed by atoms with Crippen molar-refractivity contribution < 1.29 is 9.90 Å².